The van der Waals surface area contributed by atoms with Crippen LogP contribution < -0.4 is 0 Å². The third-order valence-electron chi connectivity index (χ3n) is 1.91. The number of carbonyl (C=O) groups excluding carboxylic acids is 1. The van der Waals surface area contributed by atoms with E-state index in [2.05, 4.69) is 4.74 Å². The molecule has 0 saturated carbocycles. The van der Waals surface area contributed by atoms with Crippen molar-refractivity contribution >= 4 is 5.97 Å². The maximum absolute atomic E-state index is 10.9. The molecule has 0 aromatic rings. The number of hydrogen-bond donors (Lipinski definition) is 1. The molecule has 0 fully saturated rings. The molecule has 13 heavy (non-hydrogen) atoms. The summed E-state index contributed by atoms with van der Waals surface area (Å²) >= 11 is 0. The summed E-state index contributed by atoms with van der Waals surface area (Å²) in [6.45, 7) is 5.89. The summed E-state index contributed by atoms with van der Waals surface area (Å²) in [5.41, 5.74) is 0. The maximum atomic E-state index is 10.9. The zero-order valence-electron chi connectivity index (χ0n) is 8.62. The molecule has 0 heterocycles. The van der Waals surface area contributed by atoms with Gasteiger partial charge in [-0.1, -0.05) is 13.8 Å². The average Bonchev–Trinajstić information content (AvgIpc) is 2.16. The van der Waals surface area contributed by atoms with Gasteiger partial charge in [-0.3, -0.25) is 9.69 Å². The molecule has 0 aliphatic heterocycles. The lowest BCUT2D eigenvalue weighted by molar-refractivity contribution is -0.142. The lowest BCUT2D eigenvalue weighted by atomic mass is 10.2. The number of esters is 1. The molecule has 0 amide bonds. The van der Waals surface area contributed by atoms with Gasteiger partial charge in [-0.15, -0.1) is 0 Å². The molecule has 0 bridgehead atoms. The third-order valence-corrected chi connectivity index (χ3v) is 1.91. The number of likely N-dealkylation sites (N-methyl/N-ethyl adjacent to an activating group) is 1. The van der Waals surface area contributed by atoms with E-state index in [0.29, 0.717) is 6.54 Å². The van der Waals surface area contributed by atoms with Gasteiger partial charge in [0.2, 0.25) is 0 Å². The number of ether oxygens (including phenoxy) is 1. The monoisotopic (exact) mass is 189 g/mol. The van der Waals surface area contributed by atoms with Gasteiger partial charge in [0.05, 0.1) is 13.7 Å². The van der Waals surface area contributed by atoms with Crippen LogP contribution >= 0.6 is 0 Å². The van der Waals surface area contributed by atoms with Crippen LogP contribution in [0, 0.1) is 5.92 Å². The topological polar surface area (TPSA) is 49.8 Å². The SMILES string of the molecule is CCN(CC(=O)OC)CC(C)CO. The van der Waals surface area contributed by atoms with Gasteiger partial charge >= 0.3 is 5.97 Å². The van der Waals surface area contributed by atoms with Gasteiger partial charge in [-0.05, 0) is 12.5 Å². The van der Waals surface area contributed by atoms with Crippen LogP contribution in [0.3, 0.4) is 0 Å². The van der Waals surface area contributed by atoms with Gasteiger partial charge in [-0.2, -0.15) is 0 Å². The number of aliphatic hydroxyl groups excluding tert-OH is 1. The number of aliphatic hydroxyl groups is 1. The summed E-state index contributed by atoms with van der Waals surface area (Å²) < 4.78 is 4.55. The van der Waals surface area contributed by atoms with Gasteiger partial charge in [0.25, 0.3) is 0 Å². The summed E-state index contributed by atoms with van der Waals surface area (Å²) in [7, 11) is 1.38. The molecule has 1 N–H and O–H groups in total. The van der Waals surface area contributed by atoms with Crippen molar-refractivity contribution in [2.75, 3.05) is 33.4 Å². The Kier molecular flexibility index (Phi) is 6.54. The second-order valence-electron chi connectivity index (χ2n) is 3.19. The zero-order chi connectivity index (χ0) is 10.3. The van der Waals surface area contributed by atoms with Crippen molar-refractivity contribution in [1.82, 2.24) is 4.90 Å². The van der Waals surface area contributed by atoms with Gasteiger partial charge in [0.15, 0.2) is 0 Å². The molecule has 0 aliphatic carbocycles. The van der Waals surface area contributed by atoms with E-state index in [1.54, 1.807) is 0 Å². The van der Waals surface area contributed by atoms with E-state index in [1.165, 1.54) is 7.11 Å². The molecule has 78 valence electrons. The maximum Gasteiger partial charge on any atom is 0.319 e. The van der Waals surface area contributed by atoms with Gasteiger partial charge in [0, 0.05) is 13.2 Å². The second-order valence-corrected chi connectivity index (χ2v) is 3.19. The number of nitrogens with zero attached hydrogens (tertiary/aromatic N) is 1. The Labute approximate surface area is 79.5 Å². The summed E-state index contributed by atoms with van der Waals surface area (Å²) in [6.07, 6.45) is 0. The Morgan fingerprint density at radius 3 is 2.62 bits per heavy atom. The highest BCUT2D eigenvalue weighted by molar-refractivity contribution is 5.71. The van der Waals surface area contributed by atoms with E-state index < -0.39 is 0 Å². The van der Waals surface area contributed by atoms with Crippen LogP contribution in [0.5, 0.6) is 0 Å². The van der Waals surface area contributed by atoms with Gasteiger partial charge < -0.3 is 9.84 Å². The molecule has 1 unspecified atom stereocenters. The van der Waals surface area contributed by atoms with Crippen molar-refractivity contribution in [3.63, 3.8) is 0 Å². The summed E-state index contributed by atoms with van der Waals surface area (Å²) in [6, 6.07) is 0. The molecule has 0 radical (unpaired) electrons. The van der Waals surface area contributed by atoms with Crippen LogP contribution in [0.1, 0.15) is 13.8 Å². The number of hydrogen-bond acceptors (Lipinski definition) is 4. The lowest BCUT2D eigenvalue weighted by Gasteiger charge is -2.21. The summed E-state index contributed by atoms with van der Waals surface area (Å²) in [5, 5.41) is 8.83. The summed E-state index contributed by atoms with van der Waals surface area (Å²) in [5.74, 6) is -0.0309. The standard InChI is InChI=1S/C9H19NO3/c1-4-10(5-8(2)7-11)6-9(12)13-3/h8,11H,4-7H2,1-3H3. The minimum atomic E-state index is -0.230. The van der Waals surface area contributed by atoms with E-state index in [4.69, 9.17) is 5.11 Å². The van der Waals surface area contributed by atoms with Crippen molar-refractivity contribution in [2.24, 2.45) is 5.92 Å². The van der Waals surface area contributed by atoms with E-state index in [9.17, 15) is 4.79 Å². The van der Waals surface area contributed by atoms with Gasteiger partial charge in [-0.25, -0.2) is 0 Å². The highest BCUT2D eigenvalue weighted by Gasteiger charge is 2.11. The Balaban J connectivity index is 3.81. The third kappa shape index (κ3) is 5.60. The number of methoxy groups -OCH3 is 1. The van der Waals surface area contributed by atoms with Crippen LogP contribution in [-0.2, 0) is 9.53 Å². The van der Waals surface area contributed by atoms with Crippen molar-refractivity contribution in [3.8, 4) is 0 Å². The fourth-order valence-corrected chi connectivity index (χ4v) is 1.05. The Hall–Kier alpha value is -0.610. The fourth-order valence-electron chi connectivity index (χ4n) is 1.05. The number of rotatable bonds is 6. The first-order valence-electron chi connectivity index (χ1n) is 4.54. The molecule has 4 nitrogen and oxygen atoms in total. The first-order chi connectivity index (χ1) is 6.13. The molecule has 4 heteroatoms. The molecule has 0 aliphatic rings. The lowest BCUT2D eigenvalue weighted by Crippen LogP contribution is -2.34. The minimum absolute atomic E-state index is 0.150. The molecular formula is C9H19NO3. The molecule has 0 spiro atoms. The van der Waals surface area contributed by atoms with Crippen molar-refractivity contribution in [1.29, 1.82) is 0 Å². The van der Waals surface area contributed by atoms with Crippen LogP contribution in [0.2, 0.25) is 0 Å². The van der Waals surface area contributed by atoms with E-state index in [1.807, 2.05) is 18.7 Å². The fraction of sp³-hybridized carbons (Fsp3) is 0.889. The van der Waals surface area contributed by atoms with Crippen LogP contribution in [-0.4, -0.2) is 49.3 Å². The van der Waals surface area contributed by atoms with E-state index >= 15 is 0 Å². The minimum Gasteiger partial charge on any atom is -0.468 e. The normalized spacial score (nSPS) is 13.0. The highest BCUT2D eigenvalue weighted by atomic mass is 16.5. The quantitative estimate of drug-likeness (QED) is 0.602. The largest absolute Gasteiger partial charge is 0.468 e. The zero-order valence-corrected chi connectivity index (χ0v) is 8.62. The van der Waals surface area contributed by atoms with Crippen molar-refractivity contribution in [3.05, 3.63) is 0 Å². The molecule has 0 aromatic heterocycles. The Morgan fingerprint density at radius 2 is 2.23 bits per heavy atom. The van der Waals surface area contributed by atoms with Crippen LogP contribution in [0.4, 0.5) is 0 Å². The van der Waals surface area contributed by atoms with Crippen molar-refractivity contribution < 1.29 is 14.6 Å². The average molecular weight is 189 g/mol. The second kappa shape index (κ2) is 6.86. The van der Waals surface area contributed by atoms with E-state index in [-0.39, 0.29) is 18.5 Å². The Morgan fingerprint density at radius 1 is 1.62 bits per heavy atom. The smallest absolute Gasteiger partial charge is 0.319 e. The summed E-state index contributed by atoms with van der Waals surface area (Å²) in [4.78, 5) is 12.9. The molecule has 0 saturated heterocycles. The van der Waals surface area contributed by atoms with Gasteiger partial charge in [0.1, 0.15) is 0 Å². The Bertz CT molecular complexity index is 150. The first-order valence-corrected chi connectivity index (χ1v) is 4.54. The molecule has 0 rings (SSSR count). The first kappa shape index (κ1) is 12.4. The highest BCUT2D eigenvalue weighted by Crippen LogP contribution is 1.98. The van der Waals surface area contributed by atoms with Crippen LogP contribution in [0.15, 0.2) is 0 Å². The molecule has 1 atom stereocenters. The predicted octanol–water partition coefficient (Wildman–Crippen LogP) is 0.110. The number of carbonyl (C=O) groups is 1. The van der Waals surface area contributed by atoms with Crippen molar-refractivity contribution in [2.45, 2.75) is 13.8 Å². The predicted molar refractivity (Wildman–Crippen MR) is 50.4 cm³/mol. The molecular weight excluding hydrogens is 170 g/mol. The van der Waals surface area contributed by atoms with E-state index in [0.717, 1.165) is 13.1 Å². The van der Waals surface area contributed by atoms with Crippen LogP contribution in [0.25, 0.3) is 0 Å². The molecule has 0 aromatic carbocycles.